The van der Waals surface area contributed by atoms with Gasteiger partial charge in [0.15, 0.2) is 0 Å². The fourth-order valence-corrected chi connectivity index (χ4v) is 2.32. The summed E-state index contributed by atoms with van der Waals surface area (Å²) in [5.41, 5.74) is 3.64. The predicted molar refractivity (Wildman–Crippen MR) is 82.2 cm³/mol. The molecule has 2 heteroatoms. The van der Waals surface area contributed by atoms with E-state index in [4.69, 9.17) is 0 Å². The Hall–Kier alpha value is -2.61. The standard InChI is InChI=1S/C18H15NO/c1-14-12-17(15-8-4-2-5-9-15)18(20)19(13-14)16-10-6-3-7-11-16/h2-13H,1H3. The molecule has 0 aliphatic heterocycles. The molecule has 1 heterocycles. The van der Waals surface area contributed by atoms with Crippen LogP contribution in [0.1, 0.15) is 5.56 Å². The van der Waals surface area contributed by atoms with E-state index in [1.54, 1.807) is 4.57 Å². The van der Waals surface area contributed by atoms with Crippen LogP contribution in [0.3, 0.4) is 0 Å². The molecule has 2 nitrogen and oxygen atoms in total. The number of nitrogens with zero attached hydrogens (tertiary/aromatic N) is 1. The number of para-hydroxylation sites is 1. The summed E-state index contributed by atoms with van der Waals surface area (Å²) in [5, 5.41) is 0. The summed E-state index contributed by atoms with van der Waals surface area (Å²) >= 11 is 0. The van der Waals surface area contributed by atoms with Gasteiger partial charge in [0.05, 0.1) is 0 Å². The molecule has 98 valence electrons. The highest BCUT2D eigenvalue weighted by molar-refractivity contribution is 5.63. The Morgan fingerprint density at radius 1 is 0.850 bits per heavy atom. The number of hydrogen-bond donors (Lipinski definition) is 0. The van der Waals surface area contributed by atoms with Crippen LogP contribution in [-0.4, -0.2) is 4.57 Å². The zero-order valence-electron chi connectivity index (χ0n) is 11.3. The van der Waals surface area contributed by atoms with E-state index in [1.807, 2.05) is 79.9 Å². The first-order chi connectivity index (χ1) is 9.75. The highest BCUT2D eigenvalue weighted by Crippen LogP contribution is 2.17. The zero-order chi connectivity index (χ0) is 13.9. The molecule has 0 saturated carbocycles. The van der Waals surface area contributed by atoms with Crippen LogP contribution in [0.4, 0.5) is 0 Å². The van der Waals surface area contributed by atoms with Gasteiger partial charge in [0.2, 0.25) is 0 Å². The number of hydrogen-bond acceptors (Lipinski definition) is 1. The lowest BCUT2D eigenvalue weighted by Crippen LogP contribution is -2.20. The minimum atomic E-state index is 0.00741. The highest BCUT2D eigenvalue weighted by atomic mass is 16.1. The first-order valence-electron chi connectivity index (χ1n) is 6.60. The van der Waals surface area contributed by atoms with E-state index in [1.165, 1.54) is 0 Å². The third-order valence-electron chi connectivity index (χ3n) is 3.27. The second kappa shape index (κ2) is 5.17. The van der Waals surface area contributed by atoms with Gasteiger partial charge < -0.3 is 0 Å². The van der Waals surface area contributed by atoms with Crippen molar-refractivity contribution in [1.82, 2.24) is 4.57 Å². The lowest BCUT2D eigenvalue weighted by atomic mass is 10.1. The Morgan fingerprint density at radius 2 is 1.45 bits per heavy atom. The number of pyridine rings is 1. The molecule has 0 spiro atoms. The summed E-state index contributed by atoms with van der Waals surface area (Å²) in [6, 6.07) is 21.4. The molecule has 0 aliphatic rings. The van der Waals surface area contributed by atoms with Crippen molar-refractivity contribution in [3.05, 3.63) is 88.8 Å². The van der Waals surface area contributed by atoms with Gasteiger partial charge in [0.1, 0.15) is 0 Å². The number of benzene rings is 2. The number of rotatable bonds is 2. The van der Waals surface area contributed by atoms with Gasteiger partial charge >= 0.3 is 0 Å². The van der Waals surface area contributed by atoms with E-state index in [2.05, 4.69) is 0 Å². The fraction of sp³-hybridized carbons (Fsp3) is 0.0556. The first kappa shape index (κ1) is 12.4. The van der Waals surface area contributed by atoms with Crippen molar-refractivity contribution in [3.63, 3.8) is 0 Å². The minimum Gasteiger partial charge on any atom is -0.284 e. The number of aryl methyl sites for hydroxylation is 1. The minimum absolute atomic E-state index is 0.00741. The molecule has 1 aromatic heterocycles. The smallest absolute Gasteiger partial charge is 0.262 e. The average Bonchev–Trinajstić information content (AvgIpc) is 2.51. The average molecular weight is 261 g/mol. The van der Waals surface area contributed by atoms with Gasteiger partial charge in [-0.15, -0.1) is 0 Å². The lowest BCUT2D eigenvalue weighted by molar-refractivity contribution is 0.980. The van der Waals surface area contributed by atoms with Crippen LogP contribution in [0.25, 0.3) is 16.8 Å². The molecule has 0 aliphatic carbocycles. The van der Waals surface area contributed by atoms with E-state index < -0.39 is 0 Å². The fourth-order valence-electron chi connectivity index (χ4n) is 2.32. The van der Waals surface area contributed by atoms with Crippen LogP contribution in [0, 0.1) is 6.92 Å². The van der Waals surface area contributed by atoms with Crippen molar-refractivity contribution < 1.29 is 0 Å². The molecule has 0 saturated heterocycles. The van der Waals surface area contributed by atoms with Gasteiger partial charge in [0, 0.05) is 17.4 Å². The quantitative estimate of drug-likeness (QED) is 0.687. The van der Waals surface area contributed by atoms with Crippen molar-refractivity contribution in [2.75, 3.05) is 0 Å². The van der Waals surface area contributed by atoms with Crippen molar-refractivity contribution in [3.8, 4) is 16.8 Å². The summed E-state index contributed by atoms with van der Waals surface area (Å²) in [4.78, 5) is 12.7. The molecule has 0 amide bonds. The molecule has 2 aromatic carbocycles. The molecular weight excluding hydrogens is 246 g/mol. The highest BCUT2D eigenvalue weighted by Gasteiger charge is 2.08. The second-order valence-corrected chi connectivity index (χ2v) is 4.81. The molecule has 20 heavy (non-hydrogen) atoms. The van der Waals surface area contributed by atoms with E-state index in [0.717, 1.165) is 22.4 Å². The van der Waals surface area contributed by atoms with Gasteiger partial charge in [-0.3, -0.25) is 9.36 Å². The van der Waals surface area contributed by atoms with Crippen LogP contribution < -0.4 is 5.56 Å². The van der Waals surface area contributed by atoms with Crippen LogP contribution in [0.5, 0.6) is 0 Å². The first-order valence-corrected chi connectivity index (χ1v) is 6.60. The Bertz CT molecular complexity index is 710. The van der Waals surface area contributed by atoms with Crippen LogP contribution in [-0.2, 0) is 0 Å². The molecular formula is C18H15NO. The molecule has 0 bridgehead atoms. The maximum absolute atomic E-state index is 12.7. The van der Waals surface area contributed by atoms with E-state index in [0.29, 0.717) is 0 Å². The maximum atomic E-state index is 12.7. The van der Waals surface area contributed by atoms with Crippen LogP contribution in [0.2, 0.25) is 0 Å². The topological polar surface area (TPSA) is 22.0 Å². The monoisotopic (exact) mass is 261 g/mol. The predicted octanol–water partition coefficient (Wildman–Crippen LogP) is 3.81. The second-order valence-electron chi connectivity index (χ2n) is 4.81. The third kappa shape index (κ3) is 2.28. The largest absolute Gasteiger partial charge is 0.284 e. The van der Waals surface area contributed by atoms with Gasteiger partial charge in [0.25, 0.3) is 5.56 Å². The summed E-state index contributed by atoms with van der Waals surface area (Å²) < 4.78 is 1.71. The summed E-state index contributed by atoms with van der Waals surface area (Å²) in [5.74, 6) is 0. The lowest BCUT2D eigenvalue weighted by Gasteiger charge is -2.10. The summed E-state index contributed by atoms with van der Waals surface area (Å²) in [6.45, 7) is 2.01. The Balaban J connectivity index is 2.25. The van der Waals surface area contributed by atoms with E-state index >= 15 is 0 Å². The molecule has 3 aromatic rings. The van der Waals surface area contributed by atoms with E-state index in [-0.39, 0.29) is 5.56 Å². The maximum Gasteiger partial charge on any atom is 0.262 e. The van der Waals surface area contributed by atoms with E-state index in [9.17, 15) is 4.79 Å². The third-order valence-corrected chi connectivity index (χ3v) is 3.27. The van der Waals surface area contributed by atoms with Gasteiger partial charge in [-0.05, 0) is 36.2 Å². The normalized spacial score (nSPS) is 10.4. The number of aromatic nitrogens is 1. The SMILES string of the molecule is Cc1cc(-c2ccccc2)c(=O)n(-c2ccccc2)c1. The van der Waals surface area contributed by atoms with Gasteiger partial charge in [-0.2, -0.15) is 0 Å². The Kier molecular flexibility index (Phi) is 3.21. The van der Waals surface area contributed by atoms with Crippen molar-refractivity contribution >= 4 is 0 Å². The van der Waals surface area contributed by atoms with Crippen molar-refractivity contribution in [1.29, 1.82) is 0 Å². The van der Waals surface area contributed by atoms with Gasteiger partial charge in [-0.1, -0.05) is 48.5 Å². The molecule has 0 radical (unpaired) electrons. The Morgan fingerprint density at radius 3 is 2.10 bits per heavy atom. The van der Waals surface area contributed by atoms with Gasteiger partial charge in [-0.25, -0.2) is 0 Å². The molecule has 3 rings (SSSR count). The Labute approximate surface area is 118 Å². The van der Waals surface area contributed by atoms with Crippen LogP contribution >= 0.6 is 0 Å². The molecule has 0 N–H and O–H groups in total. The molecule has 0 unspecified atom stereocenters. The summed E-state index contributed by atoms with van der Waals surface area (Å²) in [6.07, 6.45) is 1.88. The summed E-state index contributed by atoms with van der Waals surface area (Å²) in [7, 11) is 0. The van der Waals surface area contributed by atoms with Crippen LogP contribution in [0.15, 0.2) is 77.7 Å². The molecule has 0 fully saturated rings. The zero-order valence-corrected chi connectivity index (χ0v) is 11.3. The van der Waals surface area contributed by atoms with Crippen molar-refractivity contribution in [2.45, 2.75) is 6.92 Å². The molecule has 0 atom stereocenters. The van der Waals surface area contributed by atoms with Crippen molar-refractivity contribution in [2.24, 2.45) is 0 Å².